The highest BCUT2D eigenvalue weighted by Gasteiger charge is 2.19. The van der Waals surface area contributed by atoms with Crippen molar-refractivity contribution < 1.29 is 4.74 Å². The van der Waals surface area contributed by atoms with Gasteiger partial charge in [-0.3, -0.25) is 0 Å². The second kappa shape index (κ2) is 5.91. The Morgan fingerprint density at radius 1 is 1.39 bits per heavy atom. The van der Waals surface area contributed by atoms with Crippen LogP contribution in [0.1, 0.15) is 31.4 Å². The molecule has 1 aromatic carbocycles. The van der Waals surface area contributed by atoms with Gasteiger partial charge in [-0.15, -0.1) is 0 Å². The lowest BCUT2D eigenvalue weighted by Gasteiger charge is -2.29. The normalized spacial score (nSPS) is 19.8. The molecule has 4 heteroatoms. The van der Waals surface area contributed by atoms with Crippen LogP contribution >= 0.6 is 11.6 Å². The third kappa shape index (κ3) is 3.37. The highest BCUT2D eigenvalue weighted by Crippen LogP contribution is 2.29. The number of rotatable bonds is 3. The minimum Gasteiger partial charge on any atom is -0.489 e. The third-order valence-electron chi connectivity index (χ3n) is 3.44. The van der Waals surface area contributed by atoms with Crippen molar-refractivity contribution >= 4 is 11.6 Å². The van der Waals surface area contributed by atoms with E-state index in [2.05, 4.69) is 11.9 Å². The number of nitrogens with two attached hydrogens (primary N) is 1. The predicted molar refractivity (Wildman–Crippen MR) is 75.2 cm³/mol. The zero-order chi connectivity index (χ0) is 13.1. The van der Waals surface area contributed by atoms with Crippen molar-refractivity contribution in [2.75, 3.05) is 20.1 Å². The fraction of sp³-hybridized carbons (Fsp3) is 0.571. The van der Waals surface area contributed by atoms with E-state index in [0.717, 1.165) is 37.2 Å². The van der Waals surface area contributed by atoms with Crippen molar-refractivity contribution in [1.82, 2.24) is 4.90 Å². The number of ether oxygens (including phenoxy) is 1. The lowest BCUT2D eigenvalue weighted by atomic mass is 10.1. The van der Waals surface area contributed by atoms with Crippen molar-refractivity contribution in [2.45, 2.75) is 31.9 Å². The van der Waals surface area contributed by atoms with E-state index < -0.39 is 0 Å². The van der Waals surface area contributed by atoms with Gasteiger partial charge in [0.05, 0.1) is 5.02 Å². The summed E-state index contributed by atoms with van der Waals surface area (Å²) >= 11 is 6.23. The Balaban J connectivity index is 2.01. The van der Waals surface area contributed by atoms with Crippen LogP contribution in [-0.4, -0.2) is 31.1 Å². The molecule has 0 aliphatic carbocycles. The Labute approximate surface area is 114 Å². The number of piperidine rings is 1. The van der Waals surface area contributed by atoms with E-state index in [9.17, 15) is 0 Å². The zero-order valence-corrected chi connectivity index (χ0v) is 11.8. The van der Waals surface area contributed by atoms with E-state index >= 15 is 0 Å². The highest BCUT2D eigenvalue weighted by molar-refractivity contribution is 6.32. The van der Waals surface area contributed by atoms with Gasteiger partial charge in [0, 0.05) is 19.1 Å². The summed E-state index contributed by atoms with van der Waals surface area (Å²) in [6.45, 7) is 4.11. The van der Waals surface area contributed by atoms with Crippen molar-refractivity contribution in [1.29, 1.82) is 0 Å². The molecule has 1 aromatic rings. The van der Waals surface area contributed by atoms with E-state index in [-0.39, 0.29) is 12.1 Å². The fourth-order valence-corrected chi connectivity index (χ4v) is 2.41. The minimum atomic E-state index is -0.000111. The van der Waals surface area contributed by atoms with Crippen LogP contribution < -0.4 is 10.5 Å². The maximum Gasteiger partial charge on any atom is 0.138 e. The minimum absolute atomic E-state index is 0.000111. The molecule has 0 spiro atoms. The van der Waals surface area contributed by atoms with Crippen LogP contribution in [0.2, 0.25) is 5.02 Å². The maximum atomic E-state index is 6.23. The number of hydrogen-bond donors (Lipinski definition) is 1. The number of halogens is 1. The van der Waals surface area contributed by atoms with Crippen molar-refractivity contribution in [3.05, 3.63) is 28.8 Å². The van der Waals surface area contributed by atoms with E-state index in [4.69, 9.17) is 22.1 Å². The third-order valence-corrected chi connectivity index (χ3v) is 3.74. The summed E-state index contributed by atoms with van der Waals surface area (Å²) in [4.78, 5) is 2.32. The Kier molecular flexibility index (Phi) is 4.49. The number of likely N-dealkylation sites (tertiary alicyclic amines) is 1. The molecule has 1 fully saturated rings. The van der Waals surface area contributed by atoms with Gasteiger partial charge in [-0.05, 0) is 44.5 Å². The second-order valence-corrected chi connectivity index (χ2v) is 5.51. The van der Waals surface area contributed by atoms with Gasteiger partial charge in [0.2, 0.25) is 0 Å². The largest absolute Gasteiger partial charge is 0.489 e. The Morgan fingerprint density at radius 3 is 2.61 bits per heavy atom. The highest BCUT2D eigenvalue weighted by atomic mass is 35.5. The van der Waals surface area contributed by atoms with Crippen LogP contribution in [0.4, 0.5) is 0 Å². The van der Waals surface area contributed by atoms with Gasteiger partial charge in [0.15, 0.2) is 0 Å². The van der Waals surface area contributed by atoms with Crippen LogP contribution in [0.5, 0.6) is 5.75 Å². The molecule has 1 aliphatic rings. The molecule has 1 aliphatic heterocycles. The molecule has 1 saturated heterocycles. The Hall–Kier alpha value is -0.770. The smallest absolute Gasteiger partial charge is 0.138 e. The summed E-state index contributed by atoms with van der Waals surface area (Å²) in [7, 11) is 2.14. The SMILES string of the molecule is CC(N)c1ccc(OC2CCN(C)CC2)c(Cl)c1. The van der Waals surface area contributed by atoms with Gasteiger partial charge in [0.25, 0.3) is 0 Å². The molecule has 18 heavy (non-hydrogen) atoms. The number of hydrogen-bond acceptors (Lipinski definition) is 3. The van der Waals surface area contributed by atoms with Gasteiger partial charge >= 0.3 is 0 Å². The number of nitrogens with zero attached hydrogens (tertiary/aromatic N) is 1. The molecule has 2 N–H and O–H groups in total. The first-order chi connectivity index (χ1) is 8.56. The fourth-order valence-electron chi connectivity index (χ4n) is 2.18. The summed E-state index contributed by atoms with van der Waals surface area (Å²) in [5, 5.41) is 0.656. The first-order valence-electron chi connectivity index (χ1n) is 6.46. The van der Waals surface area contributed by atoms with E-state index in [1.807, 2.05) is 25.1 Å². The predicted octanol–water partition coefficient (Wildman–Crippen LogP) is 2.83. The van der Waals surface area contributed by atoms with Gasteiger partial charge in [-0.25, -0.2) is 0 Å². The van der Waals surface area contributed by atoms with E-state index in [0.29, 0.717) is 5.02 Å². The van der Waals surface area contributed by atoms with Crippen LogP contribution in [-0.2, 0) is 0 Å². The molecule has 1 heterocycles. The van der Waals surface area contributed by atoms with Crippen molar-refractivity contribution in [3.8, 4) is 5.75 Å². The summed E-state index contributed by atoms with van der Waals surface area (Å²) in [6.07, 6.45) is 2.39. The monoisotopic (exact) mass is 268 g/mol. The lowest BCUT2D eigenvalue weighted by molar-refractivity contribution is 0.114. The topological polar surface area (TPSA) is 38.5 Å². The molecule has 0 saturated carbocycles. The average molecular weight is 269 g/mol. The average Bonchev–Trinajstić information content (AvgIpc) is 2.34. The van der Waals surface area contributed by atoms with Crippen LogP contribution in [0, 0.1) is 0 Å². The van der Waals surface area contributed by atoms with Gasteiger partial charge in [-0.2, -0.15) is 0 Å². The van der Waals surface area contributed by atoms with Crippen LogP contribution in [0.3, 0.4) is 0 Å². The zero-order valence-electron chi connectivity index (χ0n) is 11.0. The quantitative estimate of drug-likeness (QED) is 0.916. The van der Waals surface area contributed by atoms with Crippen LogP contribution in [0.15, 0.2) is 18.2 Å². The molecule has 0 amide bonds. The second-order valence-electron chi connectivity index (χ2n) is 5.10. The Morgan fingerprint density at radius 2 is 2.06 bits per heavy atom. The summed E-state index contributed by atoms with van der Waals surface area (Å²) in [5.41, 5.74) is 6.86. The molecular formula is C14H21ClN2O. The van der Waals surface area contributed by atoms with E-state index in [1.165, 1.54) is 0 Å². The number of benzene rings is 1. The maximum absolute atomic E-state index is 6.23. The van der Waals surface area contributed by atoms with Gasteiger partial charge < -0.3 is 15.4 Å². The van der Waals surface area contributed by atoms with Gasteiger partial charge in [-0.1, -0.05) is 17.7 Å². The van der Waals surface area contributed by atoms with E-state index in [1.54, 1.807) is 0 Å². The molecule has 2 rings (SSSR count). The summed E-state index contributed by atoms with van der Waals surface area (Å²) in [5.74, 6) is 0.774. The Bertz CT molecular complexity index is 401. The van der Waals surface area contributed by atoms with Crippen molar-refractivity contribution in [2.24, 2.45) is 5.73 Å². The standard InChI is InChI=1S/C14H21ClN2O/c1-10(16)11-3-4-14(13(15)9-11)18-12-5-7-17(2)8-6-12/h3-4,9-10,12H,5-8,16H2,1-2H3. The first-order valence-corrected chi connectivity index (χ1v) is 6.84. The summed E-state index contributed by atoms with van der Waals surface area (Å²) < 4.78 is 5.97. The molecule has 0 aromatic heterocycles. The summed E-state index contributed by atoms with van der Waals surface area (Å²) in [6, 6.07) is 5.82. The van der Waals surface area contributed by atoms with Crippen molar-refractivity contribution in [3.63, 3.8) is 0 Å². The lowest BCUT2D eigenvalue weighted by Crippen LogP contribution is -2.35. The van der Waals surface area contributed by atoms with Gasteiger partial charge in [0.1, 0.15) is 11.9 Å². The molecule has 100 valence electrons. The molecule has 1 unspecified atom stereocenters. The molecule has 1 atom stereocenters. The molecular weight excluding hydrogens is 248 g/mol. The molecule has 0 bridgehead atoms. The first kappa shape index (κ1) is 13.7. The van der Waals surface area contributed by atoms with Crippen LogP contribution in [0.25, 0.3) is 0 Å². The molecule has 0 radical (unpaired) electrons. The molecule has 3 nitrogen and oxygen atoms in total.